The number of carbonyl (C=O) groups is 1. The van der Waals surface area contributed by atoms with Gasteiger partial charge in [-0.25, -0.2) is 0 Å². The zero-order chi connectivity index (χ0) is 21.3. The lowest BCUT2D eigenvalue weighted by molar-refractivity contribution is 0.101. The number of hydrogen-bond donors (Lipinski definition) is 2. The summed E-state index contributed by atoms with van der Waals surface area (Å²) in [5.41, 5.74) is 4.41. The molecule has 0 aromatic heterocycles. The normalized spacial score (nSPS) is 12.1. The van der Waals surface area contributed by atoms with E-state index < -0.39 is 0 Å². The lowest BCUT2D eigenvalue weighted by Crippen LogP contribution is -2.00. The number of benzene rings is 1. The first kappa shape index (κ1) is 23.5. The van der Waals surface area contributed by atoms with E-state index in [1.54, 1.807) is 0 Å². The van der Waals surface area contributed by atoms with Gasteiger partial charge in [-0.05, 0) is 66.7 Å². The van der Waals surface area contributed by atoms with Crippen LogP contribution in [0, 0.1) is 0 Å². The minimum atomic E-state index is -0.381. The van der Waals surface area contributed by atoms with Crippen LogP contribution in [0.5, 0.6) is 17.2 Å². The SMILES string of the molecule is COc1cc(O)c(C(C)=O)c(O)c1C/C=C(/C)CC/C=C(/C)CCC=C(C)C. The number of ketones is 1. The zero-order valence-electron chi connectivity index (χ0n) is 18.1. The van der Waals surface area contributed by atoms with Crippen LogP contribution < -0.4 is 4.74 Å². The van der Waals surface area contributed by atoms with Gasteiger partial charge in [-0.1, -0.05) is 34.9 Å². The summed E-state index contributed by atoms with van der Waals surface area (Å²) in [7, 11) is 1.48. The van der Waals surface area contributed by atoms with Gasteiger partial charge in [0.1, 0.15) is 22.8 Å². The fourth-order valence-electron chi connectivity index (χ4n) is 3.01. The molecule has 0 heterocycles. The summed E-state index contributed by atoms with van der Waals surface area (Å²) < 4.78 is 5.27. The van der Waals surface area contributed by atoms with Crippen molar-refractivity contribution >= 4 is 5.78 Å². The Labute approximate surface area is 169 Å². The summed E-state index contributed by atoms with van der Waals surface area (Å²) in [5.74, 6) is -0.476. The lowest BCUT2D eigenvalue weighted by atomic mass is 9.99. The molecular weight excluding hydrogens is 352 g/mol. The molecule has 0 atom stereocenters. The van der Waals surface area contributed by atoms with E-state index in [9.17, 15) is 15.0 Å². The van der Waals surface area contributed by atoms with Crippen molar-refractivity contribution in [1.29, 1.82) is 0 Å². The molecule has 0 saturated carbocycles. The summed E-state index contributed by atoms with van der Waals surface area (Å²) in [6.07, 6.45) is 11.1. The minimum absolute atomic E-state index is 0.0585. The summed E-state index contributed by atoms with van der Waals surface area (Å²) >= 11 is 0. The Morgan fingerprint density at radius 3 is 2.07 bits per heavy atom. The van der Waals surface area contributed by atoms with Gasteiger partial charge in [-0.15, -0.1) is 0 Å². The van der Waals surface area contributed by atoms with E-state index in [-0.39, 0.29) is 22.8 Å². The average molecular weight is 387 g/mol. The standard InChI is InChI=1S/C24H34O4/c1-16(2)9-7-10-17(3)11-8-12-18(4)13-14-20-22(28-6)15-21(26)23(19(5)25)24(20)27/h9,11,13,15,26-27H,7-8,10,12,14H2,1-6H3/b17-11-,18-13-. The highest BCUT2D eigenvalue weighted by molar-refractivity contribution is 6.00. The molecule has 0 spiro atoms. The molecule has 0 bridgehead atoms. The van der Waals surface area contributed by atoms with Crippen LogP contribution in [0.25, 0.3) is 0 Å². The number of phenolic OH excluding ortho intramolecular Hbond substituents is 2. The maximum absolute atomic E-state index is 11.7. The van der Waals surface area contributed by atoms with Crippen molar-refractivity contribution in [3.8, 4) is 17.2 Å². The summed E-state index contributed by atoms with van der Waals surface area (Å²) in [5, 5.41) is 20.4. The van der Waals surface area contributed by atoms with Crippen molar-refractivity contribution in [3.63, 3.8) is 0 Å². The molecule has 0 saturated heterocycles. The van der Waals surface area contributed by atoms with Crippen LogP contribution in [-0.2, 0) is 6.42 Å². The van der Waals surface area contributed by atoms with Crippen molar-refractivity contribution in [1.82, 2.24) is 0 Å². The Bertz CT molecular complexity index is 778. The summed E-state index contributed by atoms with van der Waals surface area (Å²) in [6.45, 7) is 9.78. The number of ether oxygens (including phenoxy) is 1. The second-order valence-corrected chi connectivity index (χ2v) is 7.52. The molecule has 1 rings (SSSR count). The van der Waals surface area contributed by atoms with Crippen LogP contribution in [0.4, 0.5) is 0 Å². The van der Waals surface area contributed by atoms with E-state index in [1.807, 2.05) is 6.08 Å². The lowest BCUT2D eigenvalue weighted by Gasteiger charge is -2.13. The topological polar surface area (TPSA) is 66.8 Å². The number of hydrogen-bond acceptors (Lipinski definition) is 4. The fraction of sp³-hybridized carbons (Fsp3) is 0.458. The molecule has 0 amide bonds. The predicted molar refractivity (Wildman–Crippen MR) is 115 cm³/mol. The molecule has 154 valence electrons. The van der Waals surface area contributed by atoms with E-state index in [0.717, 1.165) is 25.7 Å². The fourth-order valence-corrected chi connectivity index (χ4v) is 3.01. The highest BCUT2D eigenvalue weighted by Gasteiger charge is 2.20. The van der Waals surface area contributed by atoms with E-state index in [0.29, 0.717) is 17.7 Å². The Hall–Kier alpha value is -2.49. The molecular formula is C24H34O4. The van der Waals surface area contributed by atoms with E-state index in [1.165, 1.54) is 36.8 Å². The maximum atomic E-state index is 11.7. The molecule has 0 aliphatic carbocycles. The van der Waals surface area contributed by atoms with Crippen LogP contribution in [0.2, 0.25) is 0 Å². The molecule has 0 aliphatic heterocycles. The first-order valence-electron chi connectivity index (χ1n) is 9.74. The molecule has 28 heavy (non-hydrogen) atoms. The highest BCUT2D eigenvalue weighted by atomic mass is 16.5. The molecule has 0 radical (unpaired) electrons. The Morgan fingerprint density at radius 2 is 1.54 bits per heavy atom. The number of carbonyl (C=O) groups excluding carboxylic acids is 1. The zero-order valence-corrected chi connectivity index (χ0v) is 18.1. The largest absolute Gasteiger partial charge is 0.507 e. The minimum Gasteiger partial charge on any atom is -0.507 e. The van der Waals surface area contributed by atoms with Crippen molar-refractivity contribution in [2.24, 2.45) is 0 Å². The van der Waals surface area contributed by atoms with Gasteiger partial charge >= 0.3 is 0 Å². The second-order valence-electron chi connectivity index (χ2n) is 7.52. The monoisotopic (exact) mass is 386 g/mol. The number of Topliss-reactive ketones (excluding diaryl/α,β-unsaturated/α-hetero) is 1. The summed E-state index contributed by atoms with van der Waals surface area (Å²) in [6, 6.07) is 1.38. The number of phenols is 2. The first-order valence-corrected chi connectivity index (χ1v) is 9.74. The molecule has 2 N–H and O–H groups in total. The third kappa shape index (κ3) is 7.26. The average Bonchev–Trinajstić information content (AvgIpc) is 2.59. The predicted octanol–water partition coefficient (Wildman–Crippen LogP) is 6.27. The number of methoxy groups -OCH3 is 1. The van der Waals surface area contributed by atoms with E-state index >= 15 is 0 Å². The number of aromatic hydroxyl groups is 2. The van der Waals surface area contributed by atoms with Crippen LogP contribution in [0.1, 0.15) is 76.2 Å². The van der Waals surface area contributed by atoms with Crippen LogP contribution in [0.3, 0.4) is 0 Å². The highest BCUT2D eigenvalue weighted by Crippen LogP contribution is 2.38. The van der Waals surface area contributed by atoms with E-state index in [2.05, 4.69) is 39.8 Å². The van der Waals surface area contributed by atoms with Crippen LogP contribution in [0.15, 0.2) is 41.0 Å². The van der Waals surface area contributed by atoms with Gasteiger partial charge in [0, 0.05) is 11.6 Å². The van der Waals surface area contributed by atoms with Gasteiger partial charge in [-0.2, -0.15) is 0 Å². The van der Waals surface area contributed by atoms with Crippen molar-refractivity contribution in [2.45, 2.75) is 66.7 Å². The summed E-state index contributed by atoms with van der Waals surface area (Å²) in [4.78, 5) is 11.7. The van der Waals surface area contributed by atoms with Crippen molar-refractivity contribution < 1.29 is 19.7 Å². The van der Waals surface area contributed by atoms with Crippen molar-refractivity contribution in [2.75, 3.05) is 7.11 Å². The third-order valence-electron chi connectivity index (χ3n) is 4.69. The van der Waals surface area contributed by atoms with Crippen molar-refractivity contribution in [3.05, 3.63) is 52.1 Å². The molecule has 0 aliphatic rings. The Balaban J connectivity index is 2.79. The first-order chi connectivity index (χ1) is 13.2. The van der Waals surface area contributed by atoms with Gasteiger partial charge in [0.2, 0.25) is 0 Å². The van der Waals surface area contributed by atoms with Crippen LogP contribution in [-0.4, -0.2) is 23.1 Å². The molecule has 0 fully saturated rings. The molecule has 1 aromatic carbocycles. The Morgan fingerprint density at radius 1 is 0.964 bits per heavy atom. The van der Waals surface area contributed by atoms with Gasteiger partial charge in [-0.3, -0.25) is 4.79 Å². The number of allylic oxidation sites excluding steroid dienone is 6. The second kappa shape index (κ2) is 11.4. The molecule has 4 nitrogen and oxygen atoms in total. The number of rotatable bonds is 10. The van der Waals surface area contributed by atoms with Crippen LogP contribution >= 0.6 is 0 Å². The van der Waals surface area contributed by atoms with E-state index in [4.69, 9.17) is 4.74 Å². The molecule has 1 aromatic rings. The quantitative estimate of drug-likeness (QED) is 0.367. The smallest absolute Gasteiger partial charge is 0.167 e. The van der Waals surface area contributed by atoms with Gasteiger partial charge in [0.05, 0.1) is 7.11 Å². The van der Waals surface area contributed by atoms with Gasteiger partial charge in [0.15, 0.2) is 5.78 Å². The van der Waals surface area contributed by atoms with Gasteiger partial charge in [0.25, 0.3) is 0 Å². The van der Waals surface area contributed by atoms with Gasteiger partial charge < -0.3 is 14.9 Å². The Kier molecular flexibility index (Phi) is 9.57. The molecule has 4 heteroatoms. The third-order valence-corrected chi connectivity index (χ3v) is 4.69. The molecule has 0 unspecified atom stereocenters. The maximum Gasteiger partial charge on any atom is 0.167 e.